The van der Waals surface area contributed by atoms with Crippen LogP contribution in [0.2, 0.25) is 0 Å². The van der Waals surface area contributed by atoms with Crippen molar-refractivity contribution < 1.29 is 4.39 Å². The first-order valence-corrected chi connectivity index (χ1v) is 13.3. The second-order valence-electron chi connectivity index (χ2n) is 10.2. The lowest BCUT2D eigenvalue weighted by Gasteiger charge is -2.08. The summed E-state index contributed by atoms with van der Waals surface area (Å²) in [6.07, 6.45) is 2.38. The van der Waals surface area contributed by atoms with E-state index in [0.29, 0.717) is 11.9 Å². The Morgan fingerprint density at radius 1 is 0.650 bits per heavy atom. The molecule has 4 aromatic heterocycles. The predicted molar refractivity (Wildman–Crippen MR) is 161 cm³/mol. The molecule has 4 nitrogen and oxygen atoms in total. The number of pyridine rings is 2. The number of nitrogens with zero attached hydrogens (tertiary/aromatic N) is 2. The number of hydrogen-bond acceptors (Lipinski definition) is 2. The van der Waals surface area contributed by atoms with Crippen LogP contribution in [-0.4, -0.2) is 19.9 Å². The largest absolute Gasteiger partial charge is 0.358 e. The van der Waals surface area contributed by atoms with Gasteiger partial charge in [0.15, 0.2) is 0 Å². The summed E-state index contributed by atoms with van der Waals surface area (Å²) in [5.41, 5.74) is 8.91. The molecular formula is C35H23FN4. The number of aromatic nitrogens is 4. The lowest BCUT2D eigenvalue weighted by atomic mass is 9.99. The molecule has 0 aliphatic carbocycles. The number of rotatable bonds is 4. The minimum atomic E-state index is -0.277. The maximum atomic E-state index is 15.5. The number of fused-ring (bicyclic) bond motifs is 4. The fourth-order valence-corrected chi connectivity index (χ4v) is 5.81. The van der Waals surface area contributed by atoms with Crippen molar-refractivity contribution in [2.45, 2.75) is 6.42 Å². The van der Waals surface area contributed by atoms with Crippen molar-refractivity contribution in [1.29, 1.82) is 0 Å². The molecule has 0 unspecified atom stereocenters. The number of H-pyrrole nitrogens is 2. The first kappa shape index (κ1) is 22.7. The van der Waals surface area contributed by atoms with Crippen LogP contribution in [0.15, 0.2) is 115 Å². The highest BCUT2D eigenvalue weighted by molar-refractivity contribution is 5.99. The summed E-state index contributed by atoms with van der Waals surface area (Å²) in [4.78, 5) is 16.6. The Kier molecular flexibility index (Phi) is 5.04. The van der Waals surface area contributed by atoms with Crippen molar-refractivity contribution in [3.8, 4) is 22.5 Å². The van der Waals surface area contributed by atoms with E-state index in [1.54, 1.807) is 6.07 Å². The molecule has 0 atom stereocenters. The first-order chi connectivity index (χ1) is 19.7. The van der Waals surface area contributed by atoms with Crippen LogP contribution in [0.1, 0.15) is 11.3 Å². The average Bonchev–Trinajstić information content (AvgIpc) is 3.58. The Hall–Kier alpha value is -5.29. The number of benzene rings is 4. The average molecular weight is 519 g/mol. The van der Waals surface area contributed by atoms with Crippen LogP contribution in [-0.2, 0) is 6.42 Å². The van der Waals surface area contributed by atoms with Gasteiger partial charge in [0.25, 0.3) is 0 Å². The van der Waals surface area contributed by atoms with Gasteiger partial charge in [-0.2, -0.15) is 0 Å². The third-order valence-electron chi connectivity index (χ3n) is 7.69. The van der Waals surface area contributed by atoms with Gasteiger partial charge in [0, 0.05) is 56.5 Å². The summed E-state index contributed by atoms with van der Waals surface area (Å²) in [5, 5.41) is 4.10. The Morgan fingerprint density at radius 3 is 2.12 bits per heavy atom. The summed E-state index contributed by atoms with van der Waals surface area (Å²) >= 11 is 0. The number of aromatic amines is 2. The van der Waals surface area contributed by atoms with Crippen molar-refractivity contribution in [2.24, 2.45) is 0 Å². The van der Waals surface area contributed by atoms with Gasteiger partial charge >= 0.3 is 0 Å². The lowest BCUT2D eigenvalue weighted by molar-refractivity contribution is 0.635. The van der Waals surface area contributed by atoms with E-state index in [4.69, 9.17) is 9.97 Å². The molecule has 0 radical (unpaired) electrons. The molecule has 40 heavy (non-hydrogen) atoms. The zero-order valence-corrected chi connectivity index (χ0v) is 21.4. The maximum Gasteiger partial charge on any atom is 0.147 e. The summed E-state index contributed by atoms with van der Waals surface area (Å²) in [7, 11) is 0. The minimum Gasteiger partial charge on any atom is -0.358 e. The maximum absolute atomic E-state index is 15.5. The molecule has 0 amide bonds. The van der Waals surface area contributed by atoms with Crippen LogP contribution in [0.25, 0.3) is 66.1 Å². The van der Waals surface area contributed by atoms with Gasteiger partial charge in [0.2, 0.25) is 0 Å². The fourth-order valence-electron chi connectivity index (χ4n) is 5.81. The van der Waals surface area contributed by atoms with Crippen molar-refractivity contribution >= 4 is 43.6 Å². The highest BCUT2D eigenvalue weighted by Crippen LogP contribution is 2.36. The smallest absolute Gasteiger partial charge is 0.147 e. The predicted octanol–water partition coefficient (Wildman–Crippen LogP) is 8.81. The number of halogens is 1. The molecule has 0 aliphatic rings. The SMILES string of the molecule is Fc1cc(Cc2[nH]c3ccccc3c2-c2ccc3ccccc3n2)cc2c(-c3ccc4ccccc4n3)c[nH]c12. The topological polar surface area (TPSA) is 57.4 Å². The molecular weight excluding hydrogens is 495 g/mol. The van der Waals surface area contributed by atoms with Crippen molar-refractivity contribution in [2.75, 3.05) is 0 Å². The zero-order chi connectivity index (χ0) is 26.6. The molecule has 4 heterocycles. The standard InChI is InChI=1S/C35H23FN4/c36-27-18-21(17-25-26(20-37-35(25)27)31-15-13-22-7-1-4-10-28(22)38-31)19-33-34(24-9-3-6-12-30(24)40-33)32-16-14-23-8-2-5-11-29(23)39-32/h1-18,20,37,40H,19H2. The van der Waals surface area contributed by atoms with Crippen molar-refractivity contribution in [3.05, 3.63) is 132 Å². The Balaban J connectivity index is 1.27. The van der Waals surface area contributed by atoms with E-state index in [2.05, 4.69) is 52.4 Å². The number of hydrogen-bond donors (Lipinski definition) is 2. The van der Waals surface area contributed by atoms with Crippen LogP contribution in [0.5, 0.6) is 0 Å². The van der Waals surface area contributed by atoms with Gasteiger partial charge in [-0.1, -0.05) is 66.7 Å². The van der Waals surface area contributed by atoms with Crippen LogP contribution in [0, 0.1) is 5.82 Å². The van der Waals surface area contributed by atoms with Gasteiger partial charge in [0.05, 0.1) is 27.9 Å². The third kappa shape index (κ3) is 3.67. The van der Waals surface area contributed by atoms with Gasteiger partial charge in [-0.25, -0.2) is 14.4 Å². The molecule has 5 heteroatoms. The second kappa shape index (κ2) is 8.89. The Labute approximate surface area is 229 Å². The molecule has 8 aromatic rings. The van der Waals surface area contributed by atoms with Crippen molar-refractivity contribution in [3.63, 3.8) is 0 Å². The Bertz CT molecular complexity index is 2220. The zero-order valence-electron chi connectivity index (χ0n) is 21.4. The van der Waals surface area contributed by atoms with E-state index in [-0.39, 0.29) is 5.82 Å². The van der Waals surface area contributed by atoms with Crippen LogP contribution in [0.3, 0.4) is 0 Å². The van der Waals surface area contributed by atoms with Crippen molar-refractivity contribution in [1.82, 2.24) is 19.9 Å². The van der Waals surface area contributed by atoms with E-state index in [0.717, 1.165) is 71.9 Å². The van der Waals surface area contributed by atoms with Gasteiger partial charge in [0.1, 0.15) is 5.82 Å². The Morgan fingerprint density at radius 2 is 1.32 bits per heavy atom. The summed E-state index contributed by atoms with van der Waals surface area (Å²) in [6, 6.07) is 36.3. The van der Waals surface area contributed by atoms with E-state index in [1.807, 2.05) is 66.9 Å². The third-order valence-corrected chi connectivity index (χ3v) is 7.69. The number of para-hydroxylation sites is 3. The molecule has 0 aliphatic heterocycles. The molecule has 2 N–H and O–H groups in total. The molecule has 4 aromatic carbocycles. The van der Waals surface area contributed by atoms with Gasteiger partial charge < -0.3 is 9.97 Å². The lowest BCUT2D eigenvalue weighted by Crippen LogP contribution is -1.95. The van der Waals surface area contributed by atoms with Crippen LogP contribution >= 0.6 is 0 Å². The highest BCUT2D eigenvalue weighted by Gasteiger charge is 2.18. The normalized spacial score (nSPS) is 11.7. The van der Waals surface area contributed by atoms with E-state index >= 15 is 4.39 Å². The number of nitrogens with one attached hydrogen (secondary N) is 2. The summed E-state index contributed by atoms with van der Waals surface area (Å²) < 4.78 is 15.5. The molecule has 0 spiro atoms. The highest BCUT2D eigenvalue weighted by atomic mass is 19.1. The minimum absolute atomic E-state index is 0.277. The molecule has 8 rings (SSSR count). The summed E-state index contributed by atoms with van der Waals surface area (Å²) in [6.45, 7) is 0. The van der Waals surface area contributed by atoms with Crippen LogP contribution in [0.4, 0.5) is 4.39 Å². The monoisotopic (exact) mass is 518 g/mol. The second-order valence-corrected chi connectivity index (χ2v) is 10.2. The van der Waals surface area contributed by atoms with Gasteiger partial charge in [-0.3, -0.25) is 0 Å². The van der Waals surface area contributed by atoms with Gasteiger partial charge in [-0.15, -0.1) is 0 Å². The molecule has 190 valence electrons. The van der Waals surface area contributed by atoms with E-state index in [1.165, 1.54) is 0 Å². The van der Waals surface area contributed by atoms with Crippen LogP contribution < -0.4 is 0 Å². The quantitative estimate of drug-likeness (QED) is 0.245. The fraction of sp³-hybridized carbons (Fsp3) is 0.0286. The van der Waals surface area contributed by atoms with E-state index in [9.17, 15) is 0 Å². The molecule has 0 fully saturated rings. The molecule has 0 saturated carbocycles. The summed E-state index contributed by atoms with van der Waals surface area (Å²) in [5.74, 6) is -0.277. The first-order valence-electron chi connectivity index (χ1n) is 13.3. The molecule has 0 saturated heterocycles. The van der Waals surface area contributed by atoms with E-state index < -0.39 is 0 Å². The van der Waals surface area contributed by atoms with Gasteiger partial charge in [-0.05, 0) is 48.0 Å². The molecule has 0 bridgehead atoms.